The predicted molar refractivity (Wildman–Crippen MR) is 103 cm³/mol. The quantitative estimate of drug-likeness (QED) is 0.710. The maximum atomic E-state index is 13.2. The largest absolute Gasteiger partial charge is 0.336 e. The Hall–Kier alpha value is -1.38. The number of piperazine rings is 1. The van der Waals surface area contributed by atoms with Gasteiger partial charge in [0.25, 0.3) is 5.91 Å². The van der Waals surface area contributed by atoms with Crippen molar-refractivity contribution in [3.05, 3.63) is 62.8 Å². The van der Waals surface area contributed by atoms with Gasteiger partial charge in [-0.05, 0) is 30.3 Å². The van der Waals surface area contributed by atoms with E-state index in [-0.39, 0.29) is 57.6 Å². The fourth-order valence-corrected chi connectivity index (χ4v) is 5.19. The molecule has 3 rings (SSSR count). The standard InChI is InChI=1S/C17H14Cl3FN2O3S/c18-13-2-1-3-15(16(13)20)27(25,26)23-8-6-22(7-9-23)17(24)12-5-4-11(21)10-14(12)19/h1-5,10H,6-9H2. The van der Waals surface area contributed by atoms with E-state index in [2.05, 4.69) is 0 Å². The molecule has 0 radical (unpaired) electrons. The number of benzene rings is 2. The predicted octanol–water partition coefficient (Wildman–Crippen LogP) is 3.93. The van der Waals surface area contributed by atoms with Crippen molar-refractivity contribution in [2.75, 3.05) is 26.2 Å². The number of carbonyl (C=O) groups is 1. The lowest BCUT2D eigenvalue weighted by molar-refractivity contribution is 0.0698. The summed E-state index contributed by atoms with van der Waals surface area (Å²) in [6.07, 6.45) is 0. The summed E-state index contributed by atoms with van der Waals surface area (Å²) in [5.74, 6) is -0.913. The van der Waals surface area contributed by atoms with Crippen LogP contribution in [0.5, 0.6) is 0 Å². The van der Waals surface area contributed by atoms with Crippen LogP contribution in [-0.4, -0.2) is 49.7 Å². The van der Waals surface area contributed by atoms with Gasteiger partial charge in [-0.3, -0.25) is 4.79 Å². The molecule has 0 saturated carbocycles. The van der Waals surface area contributed by atoms with Crippen LogP contribution in [0.2, 0.25) is 15.1 Å². The van der Waals surface area contributed by atoms with E-state index in [9.17, 15) is 17.6 Å². The Bertz CT molecular complexity index is 993. The van der Waals surface area contributed by atoms with E-state index >= 15 is 0 Å². The minimum Gasteiger partial charge on any atom is -0.336 e. The van der Waals surface area contributed by atoms with Crippen molar-refractivity contribution in [2.45, 2.75) is 4.90 Å². The highest BCUT2D eigenvalue weighted by Crippen LogP contribution is 2.31. The molecule has 144 valence electrons. The van der Waals surface area contributed by atoms with Crippen molar-refractivity contribution >= 4 is 50.7 Å². The van der Waals surface area contributed by atoms with Crippen LogP contribution in [0.4, 0.5) is 4.39 Å². The van der Waals surface area contributed by atoms with Crippen molar-refractivity contribution in [1.82, 2.24) is 9.21 Å². The fraction of sp³-hybridized carbons (Fsp3) is 0.235. The Morgan fingerprint density at radius 3 is 2.26 bits per heavy atom. The molecule has 5 nitrogen and oxygen atoms in total. The van der Waals surface area contributed by atoms with Gasteiger partial charge in [0.1, 0.15) is 10.7 Å². The van der Waals surface area contributed by atoms with Gasteiger partial charge in [0, 0.05) is 26.2 Å². The number of sulfonamides is 1. The first-order valence-corrected chi connectivity index (χ1v) is 10.5. The number of halogens is 4. The first-order chi connectivity index (χ1) is 12.7. The van der Waals surface area contributed by atoms with Gasteiger partial charge in [0.2, 0.25) is 10.0 Å². The van der Waals surface area contributed by atoms with Gasteiger partial charge in [-0.2, -0.15) is 4.31 Å². The van der Waals surface area contributed by atoms with Crippen LogP contribution >= 0.6 is 34.8 Å². The molecule has 27 heavy (non-hydrogen) atoms. The van der Waals surface area contributed by atoms with Gasteiger partial charge in [-0.15, -0.1) is 0 Å². The monoisotopic (exact) mass is 450 g/mol. The lowest BCUT2D eigenvalue weighted by atomic mass is 10.2. The van der Waals surface area contributed by atoms with E-state index < -0.39 is 15.8 Å². The molecule has 1 aliphatic heterocycles. The third-order valence-electron chi connectivity index (χ3n) is 4.22. The Labute approximate surface area is 171 Å². The molecule has 0 atom stereocenters. The molecule has 0 unspecified atom stereocenters. The molecular formula is C17H14Cl3FN2O3S. The van der Waals surface area contributed by atoms with Crippen LogP contribution in [0, 0.1) is 5.82 Å². The second kappa shape index (κ2) is 7.93. The molecule has 1 heterocycles. The van der Waals surface area contributed by atoms with Crippen molar-refractivity contribution in [1.29, 1.82) is 0 Å². The zero-order chi connectivity index (χ0) is 19.8. The smallest absolute Gasteiger partial charge is 0.255 e. The zero-order valence-electron chi connectivity index (χ0n) is 13.8. The molecular weight excluding hydrogens is 438 g/mol. The van der Waals surface area contributed by atoms with Crippen LogP contribution < -0.4 is 0 Å². The summed E-state index contributed by atoms with van der Waals surface area (Å²) in [6.45, 7) is 0.527. The van der Waals surface area contributed by atoms with Crippen molar-refractivity contribution in [3.63, 3.8) is 0 Å². The summed E-state index contributed by atoms with van der Waals surface area (Å²) < 4.78 is 40.0. The molecule has 0 N–H and O–H groups in total. The SMILES string of the molecule is O=C(c1ccc(F)cc1Cl)N1CCN(S(=O)(=O)c2cccc(Cl)c2Cl)CC1. The molecule has 2 aromatic carbocycles. The van der Waals surface area contributed by atoms with Crippen molar-refractivity contribution in [2.24, 2.45) is 0 Å². The second-order valence-corrected chi connectivity index (χ2v) is 8.97. The summed E-state index contributed by atoms with van der Waals surface area (Å²) in [7, 11) is -3.84. The lowest BCUT2D eigenvalue weighted by Gasteiger charge is -2.34. The first-order valence-electron chi connectivity index (χ1n) is 7.90. The highest BCUT2D eigenvalue weighted by molar-refractivity contribution is 7.89. The molecule has 0 bridgehead atoms. The van der Waals surface area contributed by atoms with Crippen LogP contribution in [0.1, 0.15) is 10.4 Å². The van der Waals surface area contributed by atoms with E-state index in [1.165, 1.54) is 33.5 Å². The van der Waals surface area contributed by atoms with Gasteiger partial charge in [0.05, 0.1) is 20.6 Å². The molecule has 1 amide bonds. The molecule has 0 aliphatic carbocycles. The number of nitrogens with zero attached hydrogens (tertiary/aromatic N) is 2. The minimum absolute atomic E-state index is 0.0146. The van der Waals surface area contributed by atoms with E-state index in [0.29, 0.717) is 0 Å². The number of amides is 1. The average Bonchev–Trinajstić information content (AvgIpc) is 2.63. The maximum Gasteiger partial charge on any atom is 0.255 e. The molecule has 1 aliphatic rings. The molecule has 2 aromatic rings. The third kappa shape index (κ3) is 4.07. The van der Waals surface area contributed by atoms with Gasteiger partial charge < -0.3 is 4.90 Å². The Morgan fingerprint density at radius 2 is 1.63 bits per heavy atom. The number of hydrogen-bond donors (Lipinski definition) is 0. The van der Waals surface area contributed by atoms with Crippen LogP contribution in [0.3, 0.4) is 0 Å². The van der Waals surface area contributed by atoms with Crippen molar-refractivity contribution < 1.29 is 17.6 Å². The van der Waals surface area contributed by atoms with E-state index in [1.807, 2.05) is 0 Å². The normalized spacial score (nSPS) is 15.8. The molecule has 1 saturated heterocycles. The van der Waals surface area contributed by atoms with Gasteiger partial charge >= 0.3 is 0 Å². The summed E-state index contributed by atoms with van der Waals surface area (Å²) >= 11 is 17.9. The highest BCUT2D eigenvalue weighted by atomic mass is 35.5. The first kappa shape index (κ1) is 20.4. The average molecular weight is 452 g/mol. The van der Waals surface area contributed by atoms with Crippen LogP contribution in [0.25, 0.3) is 0 Å². The minimum atomic E-state index is -3.84. The van der Waals surface area contributed by atoms with E-state index in [0.717, 1.165) is 12.1 Å². The molecule has 0 aromatic heterocycles. The van der Waals surface area contributed by atoms with E-state index in [4.69, 9.17) is 34.8 Å². The molecule has 10 heteroatoms. The summed E-state index contributed by atoms with van der Waals surface area (Å²) in [6, 6.07) is 7.94. The Balaban J connectivity index is 1.75. The topological polar surface area (TPSA) is 57.7 Å². The summed E-state index contributed by atoms with van der Waals surface area (Å²) in [5, 5.41) is 0.133. The third-order valence-corrected chi connectivity index (χ3v) is 7.41. The Morgan fingerprint density at radius 1 is 0.963 bits per heavy atom. The highest BCUT2D eigenvalue weighted by Gasteiger charge is 2.32. The number of rotatable bonds is 3. The van der Waals surface area contributed by atoms with Gasteiger partial charge in [-0.25, -0.2) is 12.8 Å². The summed E-state index contributed by atoms with van der Waals surface area (Å²) in [5.41, 5.74) is 0.173. The van der Waals surface area contributed by atoms with Crippen LogP contribution in [-0.2, 0) is 10.0 Å². The number of hydrogen-bond acceptors (Lipinski definition) is 3. The maximum absolute atomic E-state index is 13.2. The second-order valence-electron chi connectivity index (χ2n) is 5.87. The lowest BCUT2D eigenvalue weighted by Crippen LogP contribution is -2.50. The molecule has 0 spiro atoms. The number of carbonyl (C=O) groups excluding carboxylic acids is 1. The van der Waals surface area contributed by atoms with Gasteiger partial charge in [0.15, 0.2) is 0 Å². The van der Waals surface area contributed by atoms with Crippen molar-refractivity contribution in [3.8, 4) is 0 Å². The van der Waals surface area contributed by atoms with Gasteiger partial charge in [-0.1, -0.05) is 40.9 Å². The van der Waals surface area contributed by atoms with Crippen LogP contribution in [0.15, 0.2) is 41.3 Å². The summed E-state index contributed by atoms with van der Waals surface area (Å²) in [4.78, 5) is 14.0. The fourth-order valence-electron chi connectivity index (χ4n) is 2.79. The van der Waals surface area contributed by atoms with E-state index in [1.54, 1.807) is 0 Å². The molecule has 1 fully saturated rings. The zero-order valence-corrected chi connectivity index (χ0v) is 16.9. The Kier molecular flexibility index (Phi) is 5.98.